The molecule has 238 valence electrons. The van der Waals surface area contributed by atoms with Gasteiger partial charge in [0.05, 0.1) is 26.8 Å². The summed E-state index contributed by atoms with van der Waals surface area (Å²) in [5.41, 5.74) is 7.44. The quantitative estimate of drug-likeness (QED) is 0.187. The van der Waals surface area contributed by atoms with E-state index in [4.69, 9.17) is 15.0 Å². The number of rotatable bonds is 4. The van der Waals surface area contributed by atoms with Gasteiger partial charge in [-0.05, 0) is 41.5 Å². The first-order valence-electron chi connectivity index (χ1n) is 17.0. The molecular weight excluding hydrogens is 643 g/mol. The molecule has 0 N–H and O–H groups in total. The molecule has 0 bridgehead atoms. The van der Waals surface area contributed by atoms with Crippen LogP contribution in [0, 0.1) is 0 Å². The maximum atomic E-state index is 5.39. The first kappa shape index (κ1) is 28.2. The Kier molecular flexibility index (Phi) is 6.05. The third kappa shape index (κ3) is 4.24. The van der Waals surface area contributed by atoms with E-state index < -0.39 is 0 Å². The molecule has 0 aliphatic heterocycles. The lowest BCUT2D eigenvalue weighted by Crippen LogP contribution is -2.10. The van der Waals surface area contributed by atoms with Gasteiger partial charge in [-0.1, -0.05) is 133 Å². The molecule has 11 rings (SSSR count). The number of hydrogen-bond donors (Lipinski definition) is 0. The summed E-state index contributed by atoms with van der Waals surface area (Å²) in [7, 11) is 0. The summed E-state index contributed by atoms with van der Waals surface area (Å²) < 4.78 is 6.92. The highest BCUT2D eigenvalue weighted by Gasteiger charge is 2.22. The minimum atomic E-state index is 0.576. The van der Waals surface area contributed by atoms with Gasteiger partial charge in [-0.25, -0.2) is 0 Å². The average Bonchev–Trinajstić information content (AvgIpc) is 3.86. The normalized spacial score (nSPS) is 11.9. The molecule has 7 aromatic carbocycles. The molecule has 6 heteroatoms. The highest BCUT2D eigenvalue weighted by atomic mass is 32.1. The summed E-state index contributed by atoms with van der Waals surface area (Å²) in [5.74, 6) is 1.77. The molecule has 51 heavy (non-hydrogen) atoms. The molecule has 4 aromatic heterocycles. The Bertz CT molecular complexity index is 3100. The highest BCUT2D eigenvalue weighted by molar-refractivity contribution is 7.26. The number of thiophene rings is 1. The molecule has 0 unspecified atom stereocenters. The molecule has 0 atom stereocenters. The van der Waals surface area contributed by atoms with Gasteiger partial charge in [0, 0.05) is 42.6 Å². The lowest BCUT2D eigenvalue weighted by molar-refractivity contribution is 0.894. The van der Waals surface area contributed by atoms with Crippen molar-refractivity contribution in [2.24, 2.45) is 0 Å². The van der Waals surface area contributed by atoms with E-state index in [1.807, 2.05) is 17.4 Å². The van der Waals surface area contributed by atoms with Gasteiger partial charge in [-0.2, -0.15) is 15.0 Å². The van der Waals surface area contributed by atoms with E-state index >= 15 is 0 Å². The van der Waals surface area contributed by atoms with Crippen LogP contribution in [0.5, 0.6) is 0 Å². The molecule has 0 radical (unpaired) electrons. The summed E-state index contributed by atoms with van der Waals surface area (Å²) in [6, 6.07) is 57.7. The van der Waals surface area contributed by atoms with Crippen LogP contribution in [-0.2, 0) is 0 Å². The van der Waals surface area contributed by atoms with E-state index in [0.717, 1.165) is 49.5 Å². The molecular formula is C45H27N5S. The molecule has 0 aliphatic carbocycles. The van der Waals surface area contributed by atoms with Crippen LogP contribution in [0.25, 0.3) is 98.2 Å². The number of fused-ring (bicyclic) bond motifs is 10. The highest BCUT2D eigenvalue weighted by Crippen LogP contribution is 2.43. The van der Waals surface area contributed by atoms with Crippen molar-refractivity contribution in [2.75, 3.05) is 0 Å². The van der Waals surface area contributed by atoms with Crippen LogP contribution < -0.4 is 0 Å². The van der Waals surface area contributed by atoms with E-state index in [1.165, 1.54) is 30.9 Å². The van der Waals surface area contributed by atoms with Crippen LogP contribution in [-0.4, -0.2) is 24.1 Å². The van der Waals surface area contributed by atoms with E-state index in [-0.39, 0.29) is 0 Å². The maximum absolute atomic E-state index is 5.39. The van der Waals surface area contributed by atoms with Crippen molar-refractivity contribution >= 4 is 75.1 Å². The van der Waals surface area contributed by atoms with E-state index in [2.05, 4.69) is 167 Å². The number of nitrogens with zero attached hydrogens (tertiary/aromatic N) is 5. The molecule has 0 amide bonds. The summed E-state index contributed by atoms with van der Waals surface area (Å²) in [5, 5.41) is 7.16. The summed E-state index contributed by atoms with van der Waals surface area (Å²) >= 11 is 1.82. The second kappa shape index (κ2) is 10.9. The Morgan fingerprint density at radius 3 is 1.63 bits per heavy atom. The van der Waals surface area contributed by atoms with Crippen molar-refractivity contribution in [1.29, 1.82) is 0 Å². The largest absolute Gasteiger partial charge is 0.278 e. The first-order valence-corrected chi connectivity index (χ1v) is 17.9. The Balaban J connectivity index is 1.27. The van der Waals surface area contributed by atoms with Crippen molar-refractivity contribution in [3.8, 4) is 34.4 Å². The average molecular weight is 670 g/mol. The zero-order valence-corrected chi connectivity index (χ0v) is 28.0. The van der Waals surface area contributed by atoms with Crippen LogP contribution in [0.1, 0.15) is 0 Å². The van der Waals surface area contributed by atoms with Crippen molar-refractivity contribution in [2.45, 2.75) is 0 Å². The zero-order valence-electron chi connectivity index (χ0n) is 27.2. The predicted molar refractivity (Wildman–Crippen MR) is 212 cm³/mol. The fraction of sp³-hybridized carbons (Fsp3) is 0. The van der Waals surface area contributed by atoms with Gasteiger partial charge in [0.1, 0.15) is 0 Å². The van der Waals surface area contributed by atoms with Gasteiger partial charge < -0.3 is 0 Å². The number of hydrogen-bond acceptors (Lipinski definition) is 4. The maximum Gasteiger partial charge on any atom is 0.240 e. The monoisotopic (exact) mass is 669 g/mol. The van der Waals surface area contributed by atoms with Crippen LogP contribution in [0.15, 0.2) is 164 Å². The number of para-hydroxylation sites is 3. The third-order valence-corrected chi connectivity index (χ3v) is 11.2. The second-order valence-corrected chi connectivity index (χ2v) is 13.9. The van der Waals surface area contributed by atoms with Gasteiger partial charge in [-0.15, -0.1) is 11.3 Å². The molecule has 5 nitrogen and oxygen atoms in total. The minimum absolute atomic E-state index is 0.576. The summed E-state index contributed by atoms with van der Waals surface area (Å²) in [4.78, 5) is 16.0. The molecule has 0 spiro atoms. The van der Waals surface area contributed by atoms with Crippen LogP contribution >= 0.6 is 11.3 Å². The predicted octanol–water partition coefficient (Wildman–Crippen LogP) is 11.8. The third-order valence-electron chi connectivity index (χ3n) is 10.00. The SMILES string of the molecule is c1ccc(-c2cccc(-c3nc(-n4c5ccccc5c5ccccc54)nc(-n4c5ccccc5c5ccc6c7ccccc7sc6c54)n3)c2)cc1. The Labute approximate surface area is 296 Å². The van der Waals surface area contributed by atoms with Crippen molar-refractivity contribution in [1.82, 2.24) is 24.1 Å². The fourth-order valence-electron chi connectivity index (χ4n) is 7.73. The smallest absolute Gasteiger partial charge is 0.240 e. The molecule has 4 heterocycles. The Hall–Kier alpha value is -6.63. The summed E-state index contributed by atoms with van der Waals surface area (Å²) in [6.45, 7) is 0. The number of aromatic nitrogens is 5. The number of benzene rings is 7. The lowest BCUT2D eigenvalue weighted by Gasteiger charge is -2.13. The molecule has 11 aromatic rings. The van der Waals surface area contributed by atoms with Gasteiger partial charge in [0.2, 0.25) is 11.9 Å². The molecule has 0 fully saturated rings. The van der Waals surface area contributed by atoms with Crippen molar-refractivity contribution in [3.05, 3.63) is 164 Å². The lowest BCUT2D eigenvalue weighted by atomic mass is 10.0. The van der Waals surface area contributed by atoms with Gasteiger partial charge in [-0.3, -0.25) is 9.13 Å². The fourth-order valence-corrected chi connectivity index (χ4v) is 8.97. The minimum Gasteiger partial charge on any atom is -0.278 e. The van der Waals surface area contributed by atoms with Crippen molar-refractivity contribution in [3.63, 3.8) is 0 Å². The molecule has 0 saturated carbocycles. The second-order valence-electron chi connectivity index (χ2n) is 12.9. The van der Waals surface area contributed by atoms with Gasteiger partial charge in [0.25, 0.3) is 0 Å². The van der Waals surface area contributed by atoms with Crippen LogP contribution in [0.3, 0.4) is 0 Å². The topological polar surface area (TPSA) is 48.5 Å². The van der Waals surface area contributed by atoms with Crippen LogP contribution in [0.2, 0.25) is 0 Å². The van der Waals surface area contributed by atoms with E-state index in [1.54, 1.807) is 0 Å². The Morgan fingerprint density at radius 1 is 0.373 bits per heavy atom. The van der Waals surface area contributed by atoms with Crippen LogP contribution in [0.4, 0.5) is 0 Å². The zero-order chi connectivity index (χ0) is 33.5. The van der Waals surface area contributed by atoms with E-state index in [9.17, 15) is 0 Å². The molecule has 0 saturated heterocycles. The first-order chi connectivity index (χ1) is 25.3. The summed E-state index contributed by atoms with van der Waals surface area (Å²) in [6.07, 6.45) is 0. The van der Waals surface area contributed by atoms with E-state index in [0.29, 0.717) is 17.7 Å². The molecule has 0 aliphatic rings. The van der Waals surface area contributed by atoms with Gasteiger partial charge in [0.15, 0.2) is 5.82 Å². The standard InChI is InChI=1S/C45H27N5S/c1-2-13-28(14-3-1)29-15-12-16-30(27-29)43-46-44(49-37-21-8-4-17-31(37)32-18-5-9-22-38(32)49)48-45(47-43)50-39-23-10-6-19-33(39)35-25-26-36-34-20-7-11-24-40(34)51-42(36)41(35)50/h1-27H. The van der Waals surface area contributed by atoms with Crippen molar-refractivity contribution < 1.29 is 0 Å². The van der Waals surface area contributed by atoms with Gasteiger partial charge >= 0.3 is 0 Å². The Morgan fingerprint density at radius 2 is 0.902 bits per heavy atom.